The number of nitrogen functional groups attached to an aromatic ring is 1. The van der Waals surface area contributed by atoms with Crippen LogP contribution in [0.25, 0.3) is 11.1 Å². The fourth-order valence-electron chi connectivity index (χ4n) is 2.55. The maximum absolute atomic E-state index is 13.1. The zero-order chi connectivity index (χ0) is 19.6. The number of benzene rings is 3. The van der Waals surface area contributed by atoms with Crippen molar-refractivity contribution < 1.29 is 13.4 Å². The van der Waals surface area contributed by atoms with E-state index in [1.807, 2.05) is 0 Å². The first-order valence-corrected chi connectivity index (χ1v) is 10.0. The molecule has 0 aromatic heterocycles. The number of carbonyl (C=O) groups excluding carboxylic acids is 1. The Morgan fingerprint density at radius 3 is 2.19 bits per heavy atom. The Morgan fingerprint density at radius 2 is 1.59 bits per heavy atom. The van der Waals surface area contributed by atoms with Crippen molar-refractivity contribution in [1.29, 1.82) is 4.78 Å². The molecule has 0 saturated carbocycles. The van der Waals surface area contributed by atoms with Crippen molar-refractivity contribution in [3.63, 3.8) is 0 Å². The highest BCUT2D eigenvalue weighted by atomic mass is 32.2. The van der Waals surface area contributed by atoms with Gasteiger partial charge in [0.25, 0.3) is 5.91 Å². The number of nitrogens with one attached hydrogen (secondary N) is 2. The van der Waals surface area contributed by atoms with Crippen LogP contribution >= 0.6 is 0 Å². The Labute approximate surface area is 157 Å². The fraction of sp³-hybridized carbons (Fsp3) is 0.0500. The lowest BCUT2D eigenvalue weighted by molar-refractivity contribution is 0.102. The molecule has 3 aromatic rings. The van der Waals surface area contributed by atoms with E-state index in [2.05, 4.69) is 5.32 Å². The third-order valence-corrected chi connectivity index (χ3v) is 5.22. The molecule has 0 bridgehead atoms. The van der Waals surface area contributed by atoms with Gasteiger partial charge in [-0.2, -0.15) is 0 Å². The number of anilines is 2. The molecule has 27 heavy (non-hydrogen) atoms. The smallest absolute Gasteiger partial charge is 0.255 e. The lowest BCUT2D eigenvalue weighted by Gasteiger charge is -2.11. The molecule has 0 unspecified atom stereocenters. The molecular weight excluding hydrogens is 365 g/mol. The number of carbonyl (C=O) groups is 1. The number of hydrogen-bond donors (Lipinski definition) is 3. The summed E-state index contributed by atoms with van der Waals surface area (Å²) in [5.41, 5.74) is 8.73. The zero-order valence-electron chi connectivity index (χ0n) is 14.5. The number of rotatable bonds is 4. The highest BCUT2D eigenvalue weighted by Crippen LogP contribution is 2.28. The van der Waals surface area contributed by atoms with Gasteiger partial charge in [-0.25, -0.2) is 13.4 Å². The Morgan fingerprint density at radius 1 is 1.00 bits per heavy atom. The Balaban J connectivity index is 1.85. The minimum Gasteiger partial charge on any atom is -0.397 e. The van der Waals surface area contributed by atoms with Gasteiger partial charge in [0.1, 0.15) is 5.82 Å². The minimum absolute atomic E-state index is 0.324. The van der Waals surface area contributed by atoms with Crippen molar-refractivity contribution in [2.45, 2.75) is 4.90 Å². The predicted molar refractivity (Wildman–Crippen MR) is 106 cm³/mol. The van der Waals surface area contributed by atoms with E-state index < -0.39 is 9.73 Å². The molecule has 0 spiro atoms. The number of amides is 1. The monoisotopic (exact) mass is 383 g/mol. The summed E-state index contributed by atoms with van der Waals surface area (Å²) in [5.74, 6) is -0.702. The maximum atomic E-state index is 13.1. The van der Waals surface area contributed by atoms with Crippen molar-refractivity contribution >= 4 is 27.0 Å². The van der Waals surface area contributed by atoms with E-state index in [-0.39, 0.29) is 11.7 Å². The Kier molecular flexibility index (Phi) is 4.96. The van der Waals surface area contributed by atoms with E-state index >= 15 is 0 Å². The third kappa shape index (κ3) is 4.32. The van der Waals surface area contributed by atoms with E-state index in [9.17, 15) is 13.4 Å². The average Bonchev–Trinajstić information content (AvgIpc) is 2.63. The molecule has 4 N–H and O–H groups in total. The summed E-state index contributed by atoms with van der Waals surface area (Å²) in [7, 11) is -2.83. The highest BCUT2D eigenvalue weighted by molar-refractivity contribution is 7.91. The SMILES string of the molecule is C[S@](=N)(=O)c1ccc(C(=O)Nc2cc(-c3ccc(F)cc3)ccc2N)cc1. The van der Waals surface area contributed by atoms with Crippen LogP contribution in [0.15, 0.2) is 71.6 Å². The van der Waals surface area contributed by atoms with Gasteiger partial charge in [-0.15, -0.1) is 0 Å². The van der Waals surface area contributed by atoms with Crippen LogP contribution in [0.3, 0.4) is 0 Å². The van der Waals surface area contributed by atoms with Crippen LogP contribution in [0.2, 0.25) is 0 Å². The first-order chi connectivity index (χ1) is 12.7. The van der Waals surface area contributed by atoms with E-state index in [0.29, 0.717) is 21.8 Å². The molecule has 1 atom stereocenters. The molecule has 1 amide bonds. The van der Waals surface area contributed by atoms with Gasteiger partial charge < -0.3 is 11.1 Å². The average molecular weight is 383 g/mol. The van der Waals surface area contributed by atoms with E-state index in [1.165, 1.54) is 42.7 Å². The van der Waals surface area contributed by atoms with Gasteiger partial charge in [-0.05, 0) is 59.7 Å². The van der Waals surface area contributed by atoms with Crippen molar-refractivity contribution in [3.05, 3.63) is 78.1 Å². The van der Waals surface area contributed by atoms with Crippen molar-refractivity contribution in [1.82, 2.24) is 0 Å². The largest absolute Gasteiger partial charge is 0.397 e. The van der Waals surface area contributed by atoms with Gasteiger partial charge in [0.2, 0.25) is 0 Å². The topological polar surface area (TPSA) is 96.0 Å². The van der Waals surface area contributed by atoms with Crippen LogP contribution in [0.4, 0.5) is 15.8 Å². The van der Waals surface area contributed by atoms with Crippen LogP contribution in [0.5, 0.6) is 0 Å². The highest BCUT2D eigenvalue weighted by Gasteiger charge is 2.11. The van der Waals surface area contributed by atoms with Crippen molar-refractivity contribution in [3.8, 4) is 11.1 Å². The second kappa shape index (κ2) is 7.20. The fourth-order valence-corrected chi connectivity index (χ4v) is 3.20. The normalized spacial score (nSPS) is 13.0. The first-order valence-electron chi connectivity index (χ1n) is 8.05. The van der Waals surface area contributed by atoms with Crippen LogP contribution in [-0.4, -0.2) is 16.4 Å². The molecule has 5 nitrogen and oxygen atoms in total. The van der Waals surface area contributed by atoms with Crippen molar-refractivity contribution in [2.75, 3.05) is 17.3 Å². The number of hydrogen-bond acceptors (Lipinski definition) is 4. The summed E-state index contributed by atoms with van der Waals surface area (Å²) in [6, 6.07) is 17.2. The summed E-state index contributed by atoms with van der Waals surface area (Å²) in [4.78, 5) is 12.8. The number of nitrogens with two attached hydrogens (primary N) is 1. The first kappa shape index (κ1) is 18.6. The zero-order valence-corrected chi connectivity index (χ0v) is 15.3. The standard InChI is InChI=1S/C20H18FN3O2S/c1-27(23,26)17-9-4-14(5-10-17)20(25)24-19-12-15(6-11-18(19)22)13-2-7-16(21)8-3-13/h2-12,23H,22H2,1H3,(H,24,25)/t27-/m0/s1. The molecule has 0 aliphatic heterocycles. The predicted octanol–water partition coefficient (Wildman–Crippen LogP) is 4.36. The summed E-state index contributed by atoms with van der Waals surface area (Å²) in [6.07, 6.45) is 1.32. The van der Waals surface area contributed by atoms with Gasteiger partial charge in [-0.1, -0.05) is 18.2 Å². The lowest BCUT2D eigenvalue weighted by atomic mass is 10.0. The van der Waals surface area contributed by atoms with Gasteiger partial charge >= 0.3 is 0 Å². The van der Waals surface area contributed by atoms with E-state index in [0.717, 1.165) is 11.1 Å². The second-order valence-electron chi connectivity index (χ2n) is 6.13. The second-order valence-corrected chi connectivity index (χ2v) is 8.29. The van der Waals surface area contributed by atoms with Gasteiger partial charge in [0.05, 0.1) is 21.1 Å². The molecule has 138 valence electrons. The maximum Gasteiger partial charge on any atom is 0.255 e. The van der Waals surface area contributed by atoms with Gasteiger partial charge in [0, 0.05) is 16.7 Å². The molecule has 0 radical (unpaired) electrons. The van der Waals surface area contributed by atoms with Crippen molar-refractivity contribution in [2.24, 2.45) is 0 Å². The molecule has 7 heteroatoms. The van der Waals surface area contributed by atoms with Gasteiger partial charge in [0.15, 0.2) is 0 Å². The van der Waals surface area contributed by atoms with Crippen LogP contribution in [0, 0.1) is 10.6 Å². The minimum atomic E-state index is -2.83. The Hall–Kier alpha value is -3.19. The molecule has 0 aliphatic carbocycles. The summed E-state index contributed by atoms with van der Waals surface area (Å²) >= 11 is 0. The molecular formula is C20H18FN3O2S. The molecule has 0 saturated heterocycles. The number of halogens is 1. The third-order valence-electron chi connectivity index (χ3n) is 4.05. The quantitative estimate of drug-likeness (QED) is 0.584. The summed E-state index contributed by atoms with van der Waals surface area (Å²) < 4.78 is 32.4. The molecule has 0 fully saturated rings. The molecule has 0 aliphatic rings. The van der Waals surface area contributed by atoms with Crippen LogP contribution < -0.4 is 11.1 Å². The van der Waals surface area contributed by atoms with E-state index in [1.54, 1.807) is 30.3 Å². The molecule has 0 heterocycles. The molecule has 3 rings (SSSR count). The summed E-state index contributed by atoms with van der Waals surface area (Å²) in [5, 5.41) is 2.75. The van der Waals surface area contributed by atoms with E-state index in [4.69, 9.17) is 10.5 Å². The Bertz CT molecular complexity index is 1090. The van der Waals surface area contributed by atoms with Crippen LogP contribution in [0.1, 0.15) is 10.4 Å². The molecule has 3 aromatic carbocycles. The summed E-state index contributed by atoms with van der Waals surface area (Å²) in [6.45, 7) is 0. The van der Waals surface area contributed by atoms with Gasteiger partial charge in [-0.3, -0.25) is 4.79 Å². The van der Waals surface area contributed by atoms with Crippen LogP contribution in [-0.2, 0) is 9.73 Å². The lowest BCUT2D eigenvalue weighted by Crippen LogP contribution is -2.13.